The molecule has 6 nitrogen and oxygen atoms in total. The molecule has 0 saturated heterocycles. The van der Waals surface area contributed by atoms with Crippen molar-refractivity contribution in [3.63, 3.8) is 0 Å². The van der Waals surface area contributed by atoms with E-state index in [2.05, 4.69) is 25.1 Å². The average Bonchev–Trinajstić information content (AvgIpc) is 3.42. The van der Waals surface area contributed by atoms with Gasteiger partial charge in [0.1, 0.15) is 0 Å². The second-order valence-electron chi connectivity index (χ2n) is 5.96. The summed E-state index contributed by atoms with van der Waals surface area (Å²) in [7, 11) is 0. The van der Waals surface area contributed by atoms with Gasteiger partial charge in [-0.15, -0.1) is 10.2 Å². The minimum atomic E-state index is -0.126. The van der Waals surface area contributed by atoms with Crippen molar-refractivity contribution in [2.45, 2.75) is 24.0 Å². The quantitative estimate of drug-likeness (QED) is 0.648. The molecule has 3 aromatic rings. The summed E-state index contributed by atoms with van der Waals surface area (Å²) in [5, 5.41) is 12.7. The van der Waals surface area contributed by atoms with Gasteiger partial charge in [0.05, 0.1) is 16.5 Å². The van der Waals surface area contributed by atoms with Crippen molar-refractivity contribution in [3.8, 4) is 11.4 Å². The van der Waals surface area contributed by atoms with Crippen LogP contribution in [0, 0.1) is 0 Å². The van der Waals surface area contributed by atoms with Crippen LogP contribution in [0.4, 0.5) is 5.69 Å². The van der Waals surface area contributed by atoms with E-state index in [0.29, 0.717) is 16.8 Å². The lowest BCUT2D eigenvalue weighted by molar-refractivity contribution is -0.113. The average molecular weight is 386 g/mol. The Kier molecular flexibility index (Phi) is 4.90. The molecule has 1 amide bonds. The number of nitrogens with one attached hydrogen (secondary N) is 1. The van der Waals surface area contributed by atoms with Crippen LogP contribution in [0.5, 0.6) is 0 Å². The van der Waals surface area contributed by atoms with Crippen LogP contribution in [0.3, 0.4) is 0 Å². The van der Waals surface area contributed by atoms with Crippen LogP contribution in [-0.4, -0.2) is 31.4 Å². The lowest BCUT2D eigenvalue weighted by atomic mass is 10.2. The molecule has 1 saturated carbocycles. The summed E-state index contributed by atoms with van der Waals surface area (Å²) in [5.41, 5.74) is 1.59. The van der Waals surface area contributed by atoms with E-state index in [1.807, 2.05) is 24.3 Å². The molecule has 0 unspecified atom stereocenters. The van der Waals surface area contributed by atoms with Gasteiger partial charge in [0.25, 0.3) is 0 Å². The lowest BCUT2D eigenvalue weighted by Crippen LogP contribution is -2.15. The van der Waals surface area contributed by atoms with Crippen LogP contribution >= 0.6 is 23.4 Å². The van der Waals surface area contributed by atoms with Gasteiger partial charge >= 0.3 is 0 Å². The van der Waals surface area contributed by atoms with Gasteiger partial charge < -0.3 is 5.32 Å². The summed E-state index contributed by atoms with van der Waals surface area (Å²) in [6, 6.07) is 11.4. The lowest BCUT2D eigenvalue weighted by Gasteiger charge is -2.09. The Labute approximate surface area is 160 Å². The fourth-order valence-corrected chi connectivity index (χ4v) is 3.60. The largest absolute Gasteiger partial charge is 0.324 e. The number of rotatable bonds is 6. The molecule has 132 valence electrons. The van der Waals surface area contributed by atoms with Gasteiger partial charge in [-0.25, -0.2) is 0 Å². The Hall–Kier alpha value is -2.38. The molecule has 1 aliphatic carbocycles. The zero-order chi connectivity index (χ0) is 17.9. The van der Waals surface area contributed by atoms with Crippen molar-refractivity contribution in [2.24, 2.45) is 0 Å². The predicted molar refractivity (Wildman–Crippen MR) is 102 cm³/mol. The summed E-state index contributed by atoms with van der Waals surface area (Å²) < 4.78 is 2.13. The standard InChI is InChI=1S/C18H16ClN5OS/c19-14-3-1-2-4-15(14)21-16(25)11-26-18-23-22-17(24(18)13-5-6-13)12-7-9-20-10-8-12/h1-4,7-10,13H,5-6,11H2,(H,21,25). The van der Waals surface area contributed by atoms with E-state index in [4.69, 9.17) is 11.6 Å². The Bertz CT molecular complexity index is 926. The molecule has 0 atom stereocenters. The van der Waals surface area contributed by atoms with Crippen molar-refractivity contribution in [3.05, 3.63) is 53.8 Å². The second kappa shape index (κ2) is 7.47. The van der Waals surface area contributed by atoms with Crippen molar-refractivity contribution in [1.82, 2.24) is 19.7 Å². The van der Waals surface area contributed by atoms with Gasteiger partial charge in [0, 0.05) is 24.0 Å². The molecule has 0 aliphatic heterocycles. The summed E-state index contributed by atoms with van der Waals surface area (Å²) in [6.07, 6.45) is 5.70. The van der Waals surface area contributed by atoms with E-state index in [9.17, 15) is 4.79 Å². The van der Waals surface area contributed by atoms with Crippen LogP contribution in [-0.2, 0) is 4.79 Å². The summed E-state index contributed by atoms with van der Waals surface area (Å²) in [4.78, 5) is 16.3. The van der Waals surface area contributed by atoms with Crippen LogP contribution in [0.2, 0.25) is 5.02 Å². The number of hydrogen-bond acceptors (Lipinski definition) is 5. The smallest absolute Gasteiger partial charge is 0.234 e. The summed E-state index contributed by atoms with van der Waals surface area (Å²) >= 11 is 7.46. The fourth-order valence-electron chi connectivity index (χ4n) is 2.61. The van der Waals surface area contributed by atoms with Gasteiger partial charge in [-0.3, -0.25) is 14.3 Å². The Morgan fingerprint density at radius 1 is 1.19 bits per heavy atom. The molecule has 4 rings (SSSR count). The number of pyridine rings is 1. The number of anilines is 1. The Balaban J connectivity index is 1.48. The highest BCUT2D eigenvalue weighted by Crippen LogP contribution is 2.41. The van der Waals surface area contributed by atoms with E-state index < -0.39 is 0 Å². The maximum atomic E-state index is 12.3. The molecule has 0 spiro atoms. The molecule has 2 heterocycles. The first-order valence-electron chi connectivity index (χ1n) is 8.25. The SMILES string of the molecule is O=C(CSc1nnc(-c2ccncc2)n1C1CC1)Nc1ccccc1Cl. The molecule has 8 heteroatoms. The molecule has 1 aromatic carbocycles. The summed E-state index contributed by atoms with van der Waals surface area (Å²) in [6.45, 7) is 0. The third-order valence-electron chi connectivity index (χ3n) is 4.00. The van der Waals surface area contributed by atoms with Crippen LogP contribution in [0.1, 0.15) is 18.9 Å². The molecule has 26 heavy (non-hydrogen) atoms. The number of thioether (sulfide) groups is 1. The number of carbonyl (C=O) groups excluding carboxylic acids is 1. The van der Waals surface area contributed by atoms with E-state index in [1.54, 1.807) is 24.5 Å². The van der Waals surface area contributed by atoms with Crippen molar-refractivity contribution < 1.29 is 4.79 Å². The topological polar surface area (TPSA) is 72.7 Å². The van der Waals surface area contributed by atoms with E-state index in [1.165, 1.54) is 11.8 Å². The zero-order valence-corrected chi connectivity index (χ0v) is 15.4. The van der Waals surface area contributed by atoms with Gasteiger partial charge in [-0.1, -0.05) is 35.5 Å². The number of para-hydroxylation sites is 1. The van der Waals surface area contributed by atoms with Crippen molar-refractivity contribution in [1.29, 1.82) is 0 Å². The maximum absolute atomic E-state index is 12.3. The Morgan fingerprint density at radius 2 is 1.96 bits per heavy atom. The van der Waals surface area contributed by atoms with E-state index in [-0.39, 0.29) is 11.7 Å². The normalized spacial score (nSPS) is 13.6. The zero-order valence-electron chi connectivity index (χ0n) is 13.8. The van der Waals surface area contributed by atoms with Gasteiger partial charge in [-0.2, -0.15) is 0 Å². The number of nitrogens with zero attached hydrogens (tertiary/aromatic N) is 4. The molecule has 0 radical (unpaired) electrons. The number of amides is 1. The number of aromatic nitrogens is 4. The minimum absolute atomic E-state index is 0.126. The molecule has 1 N–H and O–H groups in total. The van der Waals surface area contributed by atoms with Crippen LogP contribution in [0.15, 0.2) is 53.9 Å². The Morgan fingerprint density at radius 3 is 2.69 bits per heavy atom. The minimum Gasteiger partial charge on any atom is -0.324 e. The van der Waals surface area contributed by atoms with Gasteiger partial charge in [0.15, 0.2) is 11.0 Å². The predicted octanol–water partition coefficient (Wildman–Crippen LogP) is 4.06. The van der Waals surface area contributed by atoms with Gasteiger partial charge in [-0.05, 0) is 37.1 Å². The van der Waals surface area contributed by atoms with Crippen LogP contribution in [0.25, 0.3) is 11.4 Å². The number of halogens is 1. The van der Waals surface area contributed by atoms with Crippen LogP contribution < -0.4 is 5.32 Å². The molecular formula is C18H16ClN5OS. The maximum Gasteiger partial charge on any atom is 0.234 e. The third-order valence-corrected chi connectivity index (χ3v) is 5.27. The number of benzene rings is 1. The fraction of sp³-hybridized carbons (Fsp3) is 0.222. The number of carbonyl (C=O) groups is 1. The molecule has 2 aromatic heterocycles. The molecule has 1 fully saturated rings. The molecule has 0 bridgehead atoms. The van der Waals surface area contributed by atoms with E-state index >= 15 is 0 Å². The van der Waals surface area contributed by atoms with Crippen molar-refractivity contribution >= 4 is 35.0 Å². The molecular weight excluding hydrogens is 370 g/mol. The van der Waals surface area contributed by atoms with Crippen molar-refractivity contribution in [2.75, 3.05) is 11.1 Å². The highest BCUT2D eigenvalue weighted by Gasteiger charge is 2.30. The highest BCUT2D eigenvalue weighted by atomic mass is 35.5. The third kappa shape index (κ3) is 3.73. The highest BCUT2D eigenvalue weighted by molar-refractivity contribution is 7.99. The first kappa shape index (κ1) is 17.1. The second-order valence-corrected chi connectivity index (χ2v) is 7.31. The first-order chi connectivity index (χ1) is 12.7. The first-order valence-corrected chi connectivity index (χ1v) is 9.61. The van der Waals surface area contributed by atoms with Gasteiger partial charge in [0.2, 0.25) is 5.91 Å². The summed E-state index contributed by atoms with van der Waals surface area (Å²) in [5.74, 6) is 0.940. The number of hydrogen-bond donors (Lipinski definition) is 1. The van der Waals surface area contributed by atoms with E-state index in [0.717, 1.165) is 29.4 Å². The molecule has 1 aliphatic rings. The monoisotopic (exact) mass is 385 g/mol.